The molecule has 84 valence electrons. The van der Waals surface area contributed by atoms with Gasteiger partial charge < -0.3 is 4.74 Å². The minimum Gasteiger partial charge on any atom is -0.457 e. The highest BCUT2D eigenvalue weighted by atomic mass is 79.9. The molecular weight excluding hydrogens is 298 g/mol. The van der Waals surface area contributed by atoms with Gasteiger partial charge in [-0.3, -0.25) is 0 Å². The van der Waals surface area contributed by atoms with E-state index in [9.17, 15) is 0 Å². The summed E-state index contributed by atoms with van der Waals surface area (Å²) in [6.45, 7) is 0. The zero-order valence-corrected chi connectivity index (χ0v) is 11.2. The predicted molar refractivity (Wildman–Crippen MR) is 73.8 cm³/mol. The van der Waals surface area contributed by atoms with E-state index in [0.29, 0.717) is 0 Å². The molecule has 0 radical (unpaired) electrons. The van der Waals surface area contributed by atoms with Crippen LogP contribution in [-0.2, 0) is 0 Å². The van der Waals surface area contributed by atoms with E-state index in [-0.39, 0.29) is 0 Å². The van der Waals surface area contributed by atoms with Crippen LogP contribution in [0.1, 0.15) is 0 Å². The lowest BCUT2D eigenvalue weighted by atomic mass is 10.3. The number of halogens is 1. The Bertz CT molecular complexity index is 651. The van der Waals surface area contributed by atoms with Gasteiger partial charge in [-0.05, 0) is 40.2 Å². The van der Waals surface area contributed by atoms with Gasteiger partial charge in [0.1, 0.15) is 11.5 Å². The summed E-state index contributed by atoms with van der Waals surface area (Å²) in [6.07, 6.45) is 0. The second-order valence-corrected chi connectivity index (χ2v) is 5.82. The van der Waals surface area contributed by atoms with E-state index in [1.807, 2.05) is 48.5 Å². The fourth-order valence-corrected chi connectivity index (χ4v) is 3.00. The first-order valence-electron chi connectivity index (χ1n) is 5.10. The van der Waals surface area contributed by atoms with Gasteiger partial charge in [0.25, 0.3) is 0 Å². The van der Waals surface area contributed by atoms with Crippen molar-refractivity contribution in [2.75, 3.05) is 0 Å². The first-order chi connectivity index (χ1) is 8.31. The molecule has 17 heavy (non-hydrogen) atoms. The van der Waals surface area contributed by atoms with E-state index in [0.717, 1.165) is 25.6 Å². The molecule has 2 nitrogen and oxygen atoms in total. The third kappa shape index (κ3) is 2.33. The number of rotatable bonds is 2. The number of hydrogen-bond acceptors (Lipinski definition) is 3. The summed E-state index contributed by atoms with van der Waals surface area (Å²) in [4.78, 5) is 4.34. The number of para-hydroxylation sites is 1. The van der Waals surface area contributed by atoms with Gasteiger partial charge in [-0.25, -0.2) is 4.98 Å². The molecule has 0 bridgehead atoms. The maximum Gasteiger partial charge on any atom is 0.160 e. The largest absolute Gasteiger partial charge is 0.457 e. The van der Waals surface area contributed by atoms with Crippen molar-refractivity contribution in [2.45, 2.75) is 0 Å². The van der Waals surface area contributed by atoms with Crippen molar-refractivity contribution in [3.05, 3.63) is 52.4 Å². The summed E-state index contributed by atoms with van der Waals surface area (Å²) in [5.41, 5.74) is 0.988. The average molecular weight is 306 g/mol. The maximum atomic E-state index is 5.76. The molecule has 3 rings (SSSR count). The van der Waals surface area contributed by atoms with E-state index in [2.05, 4.69) is 20.9 Å². The zero-order valence-electron chi connectivity index (χ0n) is 8.76. The van der Waals surface area contributed by atoms with Gasteiger partial charge in [0, 0.05) is 6.07 Å². The van der Waals surface area contributed by atoms with Gasteiger partial charge in [0.05, 0.1) is 10.2 Å². The molecular formula is C13H8BrNOS. The van der Waals surface area contributed by atoms with Crippen molar-refractivity contribution in [3.8, 4) is 11.5 Å². The molecule has 3 aromatic rings. The number of aromatic nitrogens is 1. The molecule has 0 atom stereocenters. The minimum absolute atomic E-state index is 0.833. The molecule has 1 aromatic heterocycles. The van der Waals surface area contributed by atoms with Crippen LogP contribution in [0, 0.1) is 0 Å². The van der Waals surface area contributed by atoms with Crippen molar-refractivity contribution in [2.24, 2.45) is 0 Å². The van der Waals surface area contributed by atoms with Gasteiger partial charge >= 0.3 is 0 Å². The molecule has 0 saturated carbocycles. The molecule has 0 aliphatic carbocycles. The molecule has 0 aliphatic rings. The van der Waals surface area contributed by atoms with E-state index in [4.69, 9.17) is 4.74 Å². The molecule has 0 spiro atoms. The molecule has 4 heteroatoms. The number of nitrogens with zero attached hydrogens (tertiary/aromatic N) is 1. The monoisotopic (exact) mass is 305 g/mol. The Kier molecular flexibility index (Phi) is 2.82. The lowest BCUT2D eigenvalue weighted by molar-refractivity contribution is 0.483. The van der Waals surface area contributed by atoms with Crippen LogP contribution in [0.5, 0.6) is 11.5 Å². The Labute approximate surface area is 111 Å². The third-order valence-corrected chi connectivity index (χ3v) is 3.78. The summed E-state index contributed by atoms with van der Waals surface area (Å²) >= 11 is 4.99. The second-order valence-electron chi connectivity index (χ2n) is 3.51. The highest BCUT2D eigenvalue weighted by molar-refractivity contribution is 9.11. The molecule has 2 aromatic carbocycles. The lowest BCUT2D eigenvalue weighted by Crippen LogP contribution is -1.82. The predicted octanol–water partition coefficient (Wildman–Crippen LogP) is 4.85. The zero-order chi connectivity index (χ0) is 11.7. The number of benzene rings is 2. The summed E-state index contributed by atoms with van der Waals surface area (Å²) in [5, 5.41) is 0. The van der Waals surface area contributed by atoms with Crippen LogP contribution < -0.4 is 4.74 Å². The van der Waals surface area contributed by atoms with E-state index in [1.165, 1.54) is 0 Å². The first kappa shape index (κ1) is 10.7. The van der Waals surface area contributed by atoms with Crippen molar-refractivity contribution in [1.82, 2.24) is 4.98 Å². The van der Waals surface area contributed by atoms with Gasteiger partial charge in [-0.1, -0.05) is 18.2 Å². The SMILES string of the molecule is Brc1nc2ccc(Oc3ccccc3)cc2s1. The minimum atomic E-state index is 0.833. The maximum absolute atomic E-state index is 5.76. The third-order valence-electron chi connectivity index (χ3n) is 2.31. The van der Waals surface area contributed by atoms with Gasteiger partial charge in [-0.2, -0.15) is 0 Å². The lowest BCUT2D eigenvalue weighted by Gasteiger charge is -2.04. The molecule has 0 fully saturated rings. The highest BCUT2D eigenvalue weighted by Gasteiger charge is 2.03. The number of thiazole rings is 1. The standard InChI is InChI=1S/C13H8BrNOS/c14-13-15-11-7-6-10(8-12(11)17-13)16-9-4-2-1-3-5-9/h1-8H. The van der Waals surface area contributed by atoms with Crippen molar-refractivity contribution < 1.29 is 4.74 Å². The highest BCUT2D eigenvalue weighted by Crippen LogP contribution is 2.30. The van der Waals surface area contributed by atoms with Crippen LogP contribution in [0.3, 0.4) is 0 Å². The van der Waals surface area contributed by atoms with Gasteiger partial charge in [-0.15, -0.1) is 11.3 Å². The average Bonchev–Trinajstić information content (AvgIpc) is 2.70. The summed E-state index contributed by atoms with van der Waals surface area (Å²) in [6, 6.07) is 15.7. The second kappa shape index (κ2) is 4.47. The van der Waals surface area contributed by atoms with E-state index in [1.54, 1.807) is 11.3 Å². The van der Waals surface area contributed by atoms with Crippen LogP contribution in [0.25, 0.3) is 10.2 Å². The summed E-state index contributed by atoms with van der Waals surface area (Å²) in [5.74, 6) is 1.68. The fraction of sp³-hybridized carbons (Fsp3) is 0. The Hall–Kier alpha value is -1.39. The Balaban J connectivity index is 1.95. The van der Waals surface area contributed by atoms with Crippen molar-refractivity contribution >= 4 is 37.5 Å². The fourth-order valence-electron chi connectivity index (χ4n) is 1.56. The Morgan fingerprint density at radius 1 is 1.00 bits per heavy atom. The van der Waals surface area contributed by atoms with E-state index >= 15 is 0 Å². The molecule has 0 aliphatic heterocycles. The molecule has 1 heterocycles. The topological polar surface area (TPSA) is 22.1 Å². The first-order valence-corrected chi connectivity index (χ1v) is 6.71. The Morgan fingerprint density at radius 2 is 1.82 bits per heavy atom. The smallest absolute Gasteiger partial charge is 0.160 e. The molecule has 0 amide bonds. The quantitative estimate of drug-likeness (QED) is 0.675. The van der Waals surface area contributed by atoms with Gasteiger partial charge in [0.15, 0.2) is 3.92 Å². The molecule has 0 N–H and O–H groups in total. The van der Waals surface area contributed by atoms with Crippen LogP contribution >= 0.6 is 27.3 Å². The number of hydrogen-bond donors (Lipinski definition) is 0. The van der Waals surface area contributed by atoms with Crippen LogP contribution in [0.15, 0.2) is 52.4 Å². The normalized spacial score (nSPS) is 10.6. The van der Waals surface area contributed by atoms with Crippen LogP contribution in [-0.4, -0.2) is 4.98 Å². The molecule has 0 saturated heterocycles. The molecule has 0 unspecified atom stereocenters. The Morgan fingerprint density at radius 3 is 2.65 bits per heavy atom. The van der Waals surface area contributed by atoms with Crippen LogP contribution in [0.2, 0.25) is 0 Å². The number of ether oxygens (including phenoxy) is 1. The van der Waals surface area contributed by atoms with Crippen molar-refractivity contribution in [3.63, 3.8) is 0 Å². The van der Waals surface area contributed by atoms with Crippen molar-refractivity contribution in [1.29, 1.82) is 0 Å². The summed E-state index contributed by atoms with van der Waals surface area (Å²) in [7, 11) is 0. The number of fused-ring (bicyclic) bond motifs is 1. The van der Waals surface area contributed by atoms with Gasteiger partial charge in [0.2, 0.25) is 0 Å². The van der Waals surface area contributed by atoms with Crippen LogP contribution in [0.4, 0.5) is 0 Å². The van der Waals surface area contributed by atoms with E-state index < -0.39 is 0 Å². The summed E-state index contributed by atoms with van der Waals surface area (Å²) < 4.78 is 7.77.